The molecule has 0 radical (unpaired) electrons. The second kappa shape index (κ2) is 9.35. The molecule has 6 atom stereocenters. The average Bonchev–Trinajstić information content (AvgIpc) is 2.76. The zero-order valence-corrected chi connectivity index (χ0v) is 19.5. The van der Waals surface area contributed by atoms with E-state index < -0.39 is 0 Å². The molecule has 6 unspecified atom stereocenters. The van der Waals surface area contributed by atoms with Crippen LogP contribution in [0.5, 0.6) is 0 Å². The fourth-order valence-corrected chi connectivity index (χ4v) is 6.83. The number of rotatable bonds is 3. The molecule has 2 saturated carbocycles. The van der Waals surface area contributed by atoms with Crippen LogP contribution in [0.2, 0.25) is 0 Å². The lowest BCUT2D eigenvalue weighted by atomic mass is 9.77. The maximum atomic E-state index is 14.1. The summed E-state index contributed by atoms with van der Waals surface area (Å²) >= 11 is 1.55. The van der Waals surface area contributed by atoms with Crippen LogP contribution in [-0.4, -0.2) is 41.1 Å². The van der Waals surface area contributed by atoms with E-state index in [0.717, 1.165) is 19.3 Å². The lowest BCUT2D eigenvalue weighted by molar-refractivity contribution is -0.132. The number of likely N-dealkylation sites (N-methyl/N-ethyl adjacent to an activating group) is 1. The summed E-state index contributed by atoms with van der Waals surface area (Å²) in [6.07, 6.45) is 7.58. The quantitative estimate of drug-likeness (QED) is 0.678. The van der Waals surface area contributed by atoms with E-state index in [2.05, 4.69) is 19.2 Å². The molecule has 2 aliphatic carbocycles. The molecule has 0 spiro atoms. The number of hydrogen-bond donors (Lipinski definition) is 1. The van der Waals surface area contributed by atoms with E-state index >= 15 is 0 Å². The molecule has 6 heteroatoms. The summed E-state index contributed by atoms with van der Waals surface area (Å²) in [5.41, 5.74) is 0.439. The molecule has 1 heterocycles. The number of amides is 2. The monoisotopic (exact) mass is 444 g/mol. The highest BCUT2D eigenvalue weighted by atomic mass is 32.2. The molecule has 4 rings (SSSR count). The Bertz CT molecular complexity index is 873. The highest BCUT2D eigenvalue weighted by Gasteiger charge is 2.43. The van der Waals surface area contributed by atoms with Crippen molar-refractivity contribution in [3.63, 3.8) is 0 Å². The molecule has 1 aromatic rings. The third-order valence-electron chi connectivity index (χ3n) is 7.66. The first kappa shape index (κ1) is 22.4. The molecule has 1 N–H and O–H groups in total. The molecule has 4 nitrogen and oxygen atoms in total. The van der Waals surface area contributed by atoms with Crippen molar-refractivity contribution in [3.05, 3.63) is 40.6 Å². The highest BCUT2D eigenvalue weighted by Crippen LogP contribution is 2.43. The number of halogens is 1. The maximum Gasteiger partial charge on any atom is 0.260 e. The van der Waals surface area contributed by atoms with Gasteiger partial charge in [-0.05, 0) is 49.7 Å². The molecule has 168 valence electrons. The Kier molecular flexibility index (Phi) is 6.75. The molecule has 3 fully saturated rings. The summed E-state index contributed by atoms with van der Waals surface area (Å²) in [4.78, 5) is 28.4. The van der Waals surface area contributed by atoms with Crippen molar-refractivity contribution >= 4 is 29.7 Å². The van der Waals surface area contributed by atoms with Gasteiger partial charge in [-0.2, -0.15) is 0 Å². The minimum atomic E-state index is -0.320. The minimum absolute atomic E-state index is 0.0429. The zero-order chi connectivity index (χ0) is 22.1. The minimum Gasteiger partial charge on any atom is -0.353 e. The summed E-state index contributed by atoms with van der Waals surface area (Å²) in [5, 5.41) is 3.58. The van der Waals surface area contributed by atoms with Gasteiger partial charge in [0, 0.05) is 35.9 Å². The number of benzene rings is 1. The van der Waals surface area contributed by atoms with Gasteiger partial charge >= 0.3 is 0 Å². The average molecular weight is 445 g/mol. The van der Waals surface area contributed by atoms with E-state index in [1.165, 1.54) is 18.9 Å². The molecular formula is C25H33FN2O2S. The van der Waals surface area contributed by atoms with Gasteiger partial charge in [0.15, 0.2) is 0 Å². The normalized spacial score (nSPS) is 35.0. The molecule has 2 amide bonds. The van der Waals surface area contributed by atoms with Crippen LogP contribution >= 0.6 is 11.8 Å². The van der Waals surface area contributed by atoms with Gasteiger partial charge in [-0.25, -0.2) is 4.39 Å². The SMILES string of the molecule is CC1CCCC(NC(=O)C2CCC3S/C(=C\c4ccccc4F)C(=O)N(C)C3C2)C1C. The smallest absolute Gasteiger partial charge is 0.260 e. The van der Waals surface area contributed by atoms with Crippen LogP contribution < -0.4 is 5.32 Å². The fraction of sp³-hybridized carbons (Fsp3) is 0.600. The Morgan fingerprint density at radius 3 is 2.74 bits per heavy atom. The predicted molar refractivity (Wildman–Crippen MR) is 124 cm³/mol. The van der Waals surface area contributed by atoms with Crippen LogP contribution in [0, 0.1) is 23.6 Å². The molecular weight excluding hydrogens is 411 g/mol. The molecule has 1 saturated heterocycles. The first-order valence-electron chi connectivity index (χ1n) is 11.6. The van der Waals surface area contributed by atoms with Gasteiger partial charge in [-0.15, -0.1) is 11.8 Å². The standard InChI is InChI=1S/C25H33FN2O2S/c1-15-7-6-10-20(16(15)2)27-24(29)18-11-12-22-21(13-18)28(3)25(30)23(31-22)14-17-8-4-5-9-19(17)26/h4-5,8-9,14-16,18,20-22H,6-7,10-13H2,1-3H3,(H,27,29)/b23-14-. The number of thioether (sulfide) groups is 1. The third-order valence-corrected chi connectivity index (χ3v) is 9.06. The van der Waals surface area contributed by atoms with Gasteiger partial charge in [0.25, 0.3) is 5.91 Å². The van der Waals surface area contributed by atoms with Crippen LogP contribution in [0.4, 0.5) is 4.39 Å². The number of carbonyl (C=O) groups excluding carboxylic acids is 2. The Labute approximate surface area is 189 Å². The summed E-state index contributed by atoms with van der Waals surface area (Å²) in [5.74, 6) is 0.870. The number of fused-ring (bicyclic) bond motifs is 1. The first-order valence-corrected chi connectivity index (χ1v) is 12.4. The van der Waals surface area contributed by atoms with Crippen molar-refractivity contribution in [2.24, 2.45) is 17.8 Å². The van der Waals surface area contributed by atoms with E-state index in [1.54, 1.807) is 40.9 Å². The van der Waals surface area contributed by atoms with E-state index in [0.29, 0.717) is 28.7 Å². The molecule has 3 aliphatic rings. The molecule has 1 aliphatic heterocycles. The van der Waals surface area contributed by atoms with Gasteiger partial charge in [-0.3, -0.25) is 9.59 Å². The van der Waals surface area contributed by atoms with Gasteiger partial charge in [-0.1, -0.05) is 44.9 Å². The summed E-state index contributed by atoms with van der Waals surface area (Å²) in [6, 6.07) is 6.84. The van der Waals surface area contributed by atoms with Crippen molar-refractivity contribution in [1.29, 1.82) is 0 Å². The Hall–Kier alpha value is -1.82. The van der Waals surface area contributed by atoms with E-state index in [9.17, 15) is 14.0 Å². The molecule has 0 aromatic heterocycles. The van der Waals surface area contributed by atoms with Crippen LogP contribution in [0.15, 0.2) is 29.2 Å². The topological polar surface area (TPSA) is 49.4 Å². The van der Waals surface area contributed by atoms with Gasteiger partial charge < -0.3 is 10.2 Å². The fourth-order valence-electron chi connectivity index (χ4n) is 5.36. The predicted octanol–water partition coefficient (Wildman–Crippen LogP) is 4.85. The van der Waals surface area contributed by atoms with Gasteiger partial charge in [0.05, 0.1) is 4.91 Å². The van der Waals surface area contributed by atoms with Gasteiger partial charge in [0.2, 0.25) is 5.91 Å². The summed E-state index contributed by atoms with van der Waals surface area (Å²) < 4.78 is 14.1. The third kappa shape index (κ3) is 4.69. The molecule has 1 aromatic carbocycles. The lowest BCUT2D eigenvalue weighted by Gasteiger charge is -2.44. The van der Waals surface area contributed by atoms with Crippen molar-refractivity contribution in [3.8, 4) is 0 Å². The van der Waals surface area contributed by atoms with E-state index in [1.807, 2.05) is 7.05 Å². The second-order valence-electron chi connectivity index (χ2n) is 9.56. The maximum absolute atomic E-state index is 14.1. The van der Waals surface area contributed by atoms with Gasteiger partial charge in [0.1, 0.15) is 5.82 Å². The van der Waals surface area contributed by atoms with Crippen LogP contribution in [0.3, 0.4) is 0 Å². The second-order valence-corrected chi connectivity index (χ2v) is 10.8. The van der Waals surface area contributed by atoms with Crippen molar-refractivity contribution < 1.29 is 14.0 Å². The van der Waals surface area contributed by atoms with Crippen LogP contribution in [-0.2, 0) is 9.59 Å². The number of carbonyl (C=O) groups is 2. The van der Waals surface area contributed by atoms with E-state index in [4.69, 9.17) is 0 Å². The molecule has 31 heavy (non-hydrogen) atoms. The number of nitrogens with one attached hydrogen (secondary N) is 1. The van der Waals surface area contributed by atoms with Crippen LogP contribution in [0.25, 0.3) is 6.08 Å². The Balaban J connectivity index is 1.42. The summed E-state index contributed by atoms with van der Waals surface area (Å²) in [6.45, 7) is 4.53. The van der Waals surface area contributed by atoms with Crippen molar-refractivity contribution in [2.45, 2.75) is 69.7 Å². The zero-order valence-electron chi connectivity index (χ0n) is 18.6. The van der Waals surface area contributed by atoms with Crippen molar-refractivity contribution in [2.75, 3.05) is 7.05 Å². The Morgan fingerprint density at radius 2 is 1.97 bits per heavy atom. The molecule has 0 bridgehead atoms. The Morgan fingerprint density at radius 1 is 1.19 bits per heavy atom. The van der Waals surface area contributed by atoms with Crippen LogP contribution in [0.1, 0.15) is 57.9 Å². The highest BCUT2D eigenvalue weighted by molar-refractivity contribution is 8.04. The number of hydrogen-bond acceptors (Lipinski definition) is 3. The number of nitrogens with zero attached hydrogens (tertiary/aromatic N) is 1. The summed E-state index contributed by atoms with van der Waals surface area (Å²) in [7, 11) is 1.82. The van der Waals surface area contributed by atoms with E-state index in [-0.39, 0.29) is 40.9 Å². The first-order chi connectivity index (χ1) is 14.8. The lowest BCUT2D eigenvalue weighted by Crippen LogP contribution is -2.53. The largest absolute Gasteiger partial charge is 0.353 e. The van der Waals surface area contributed by atoms with Crippen molar-refractivity contribution in [1.82, 2.24) is 10.2 Å².